The van der Waals surface area contributed by atoms with E-state index in [4.69, 9.17) is 0 Å². The Hall–Kier alpha value is -1.51. The number of rotatable bonds is 8. The molecule has 2 N–H and O–H groups in total. The van der Waals surface area contributed by atoms with Crippen LogP contribution in [0.5, 0.6) is 0 Å². The third-order valence-electron chi connectivity index (χ3n) is 3.41. The minimum atomic E-state index is -0.209. The van der Waals surface area contributed by atoms with Gasteiger partial charge in [0.25, 0.3) is 0 Å². The van der Waals surface area contributed by atoms with Crippen molar-refractivity contribution < 1.29 is 4.79 Å². The maximum Gasteiger partial charge on any atom is 0.242 e. The van der Waals surface area contributed by atoms with Gasteiger partial charge < -0.3 is 10.6 Å². The van der Waals surface area contributed by atoms with Gasteiger partial charge in [-0.15, -0.1) is 0 Å². The first-order valence-corrected chi connectivity index (χ1v) is 7.68. The lowest BCUT2D eigenvalue weighted by Crippen LogP contribution is -2.38. The van der Waals surface area contributed by atoms with Crippen LogP contribution in [0.25, 0.3) is 0 Å². The summed E-state index contributed by atoms with van der Waals surface area (Å²) in [5.74, 6) is 0.561. The predicted octanol–water partition coefficient (Wildman–Crippen LogP) is 3.92. The fourth-order valence-corrected chi connectivity index (χ4v) is 2.04. The molecule has 0 spiro atoms. The van der Waals surface area contributed by atoms with Crippen LogP contribution in [0.4, 0.5) is 5.69 Å². The van der Waals surface area contributed by atoms with Gasteiger partial charge in [0, 0.05) is 12.2 Å². The molecule has 0 saturated heterocycles. The molecule has 0 aliphatic carbocycles. The molecule has 112 valence electrons. The van der Waals surface area contributed by atoms with Crippen LogP contribution in [-0.2, 0) is 4.79 Å². The second-order valence-electron chi connectivity index (χ2n) is 5.64. The van der Waals surface area contributed by atoms with E-state index in [-0.39, 0.29) is 11.9 Å². The van der Waals surface area contributed by atoms with Crippen LogP contribution < -0.4 is 10.6 Å². The summed E-state index contributed by atoms with van der Waals surface area (Å²) in [5.41, 5.74) is 2.29. The Morgan fingerprint density at radius 1 is 1.20 bits per heavy atom. The van der Waals surface area contributed by atoms with E-state index in [1.165, 1.54) is 18.4 Å². The zero-order valence-corrected chi connectivity index (χ0v) is 13.2. The van der Waals surface area contributed by atoms with Crippen molar-refractivity contribution in [3.63, 3.8) is 0 Å². The van der Waals surface area contributed by atoms with Gasteiger partial charge in [0.15, 0.2) is 0 Å². The monoisotopic (exact) mass is 276 g/mol. The molecule has 0 radical (unpaired) electrons. The lowest BCUT2D eigenvalue weighted by Gasteiger charge is -2.16. The largest absolute Gasteiger partial charge is 0.374 e. The molecular formula is C17H28N2O. The van der Waals surface area contributed by atoms with E-state index in [1.54, 1.807) is 0 Å². The van der Waals surface area contributed by atoms with E-state index in [1.807, 2.05) is 19.1 Å². The number of carbonyl (C=O) groups excluding carboxylic acids is 1. The summed E-state index contributed by atoms with van der Waals surface area (Å²) >= 11 is 0. The normalized spacial score (nSPS) is 12.2. The van der Waals surface area contributed by atoms with E-state index in [2.05, 4.69) is 43.5 Å². The molecule has 0 fully saturated rings. The first-order valence-electron chi connectivity index (χ1n) is 7.68. The molecule has 20 heavy (non-hydrogen) atoms. The number of amides is 1. The molecule has 0 saturated carbocycles. The second kappa shape index (κ2) is 8.62. The van der Waals surface area contributed by atoms with E-state index >= 15 is 0 Å². The molecule has 1 unspecified atom stereocenters. The number of hydrogen-bond acceptors (Lipinski definition) is 2. The van der Waals surface area contributed by atoms with E-state index < -0.39 is 0 Å². The van der Waals surface area contributed by atoms with Crippen molar-refractivity contribution in [2.75, 3.05) is 11.9 Å². The molecule has 1 rings (SSSR count). The maximum absolute atomic E-state index is 12.0. The van der Waals surface area contributed by atoms with E-state index in [0.29, 0.717) is 5.92 Å². The average Bonchev–Trinajstić information content (AvgIpc) is 2.43. The third kappa shape index (κ3) is 5.64. The molecule has 1 aromatic rings. The summed E-state index contributed by atoms with van der Waals surface area (Å²) < 4.78 is 0. The molecule has 1 amide bonds. The standard InChI is InChI=1S/C17H28N2O/c1-5-6-7-11-18-17(20)14(4)19-16-10-8-9-15(12-16)13(2)3/h8-10,12-14,19H,5-7,11H2,1-4H3,(H,18,20). The zero-order valence-electron chi connectivity index (χ0n) is 13.2. The molecule has 3 nitrogen and oxygen atoms in total. The molecule has 0 aromatic heterocycles. The van der Waals surface area contributed by atoms with Gasteiger partial charge in [-0.2, -0.15) is 0 Å². The number of anilines is 1. The number of benzene rings is 1. The highest BCUT2D eigenvalue weighted by Crippen LogP contribution is 2.18. The topological polar surface area (TPSA) is 41.1 Å². The molecule has 1 atom stereocenters. The van der Waals surface area contributed by atoms with Crippen molar-refractivity contribution in [1.82, 2.24) is 5.32 Å². The smallest absolute Gasteiger partial charge is 0.242 e. The van der Waals surface area contributed by atoms with Gasteiger partial charge in [0.2, 0.25) is 5.91 Å². The fraction of sp³-hybridized carbons (Fsp3) is 0.588. The van der Waals surface area contributed by atoms with Crippen molar-refractivity contribution in [2.45, 2.75) is 58.9 Å². The van der Waals surface area contributed by atoms with Gasteiger partial charge in [-0.05, 0) is 37.0 Å². The average molecular weight is 276 g/mol. The minimum Gasteiger partial charge on any atom is -0.374 e. The van der Waals surface area contributed by atoms with Crippen molar-refractivity contribution >= 4 is 11.6 Å². The number of nitrogens with one attached hydrogen (secondary N) is 2. The predicted molar refractivity (Wildman–Crippen MR) is 86.2 cm³/mol. The molecule has 3 heteroatoms. The molecule has 1 aromatic carbocycles. The molecule has 0 aliphatic rings. The quantitative estimate of drug-likeness (QED) is 0.707. The molecule has 0 aliphatic heterocycles. The van der Waals surface area contributed by atoms with E-state index in [9.17, 15) is 4.79 Å². The Labute approximate surface area is 123 Å². The molecule has 0 bridgehead atoms. The first-order chi connectivity index (χ1) is 9.54. The Balaban J connectivity index is 2.46. The number of unbranched alkanes of at least 4 members (excludes halogenated alkanes) is 2. The van der Waals surface area contributed by atoms with Crippen molar-refractivity contribution in [1.29, 1.82) is 0 Å². The summed E-state index contributed by atoms with van der Waals surface area (Å²) in [6.07, 6.45) is 3.39. The Kier molecular flexibility index (Phi) is 7.13. The maximum atomic E-state index is 12.0. The van der Waals surface area contributed by atoms with Crippen LogP contribution in [0.1, 0.15) is 58.4 Å². The number of hydrogen-bond donors (Lipinski definition) is 2. The fourth-order valence-electron chi connectivity index (χ4n) is 2.04. The van der Waals surface area contributed by atoms with Crippen LogP contribution >= 0.6 is 0 Å². The summed E-state index contributed by atoms with van der Waals surface area (Å²) in [6.45, 7) is 9.17. The first kappa shape index (κ1) is 16.5. The number of carbonyl (C=O) groups is 1. The summed E-state index contributed by atoms with van der Waals surface area (Å²) in [5, 5.41) is 6.24. The summed E-state index contributed by atoms with van der Waals surface area (Å²) in [4.78, 5) is 12.0. The SMILES string of the molecule is CCCCCNC(=O)C(C)Nc1cccc(C(C)C)c1. The van der Waals surface area contributed by atoms with Crippen LogP contribution in [0, 0.1) is 0 Å². The molecular weight excluding hydrogens is 248 g/mol. The Morgan fingerprint density at radius 3 is 2.60 bits per heavy atom. The molecule has 0 heterocycles. The Morgan fingerprint density at radius 2 is 1.95 bits per heavy atom. The highest BCUT2D eigenvalue weighted by Gasteiger charge is 2.12. The lowest BCUT2D eigenvalue weighted by atomic mass is 10.0. The van der Waals surface area contributed by atoms with Crippen LogP contribution in [0.3, 0.4) is 0 Å². The van der Waals surface area contributed by atoms with Crippen LogP contribution in [-0.4, -0.2) is 18.5 Å². The Bertz CT molecular complexity index is 415. The van der Waals surface area contributed by atoms with Gasteiger partial charge in [-0.1, -0.05) is 45.7 Å². The summed E-state index contributed by atoms with van der Waals surface area (Å²) in [6, 6.07) is 8.06. The van der Waals surface area contributed by atoms with E-state index in [0.717, 1.165) is 18.7 Å². The van der Waals surface area contributed by atoms with Gasteiger partial charge >= 0.3 is 0 Å². The van der Waals surface area contributed by atoms with Crippen molar-refractivity contribution in [3.05, 3.63) is 29.8 Å². The van der Waals surface area contributed by atoms with Crippen LogP contribution in [0.2, 0.25) is 0 Å². The van der Waals surface area contributed by atoms with Gasteiger partial charge in [0.1, 0.15) is 6.04 Å². The highest BCUT2D eigenvalue weighted by atomic mass is 16.2. The summed E-state index contributed by atoms with van der Waals surface area (Å²) in [7, 11) is 0. The van der Waals surface area contributed by atoms with Crippen LogP contribution in [0.15, 0.2) is 24.3 Å². The van der Waals surface area contributed by atoms with Gasteiger partial charge in [-0.25, -0.2) is 0 Å². The third-order valence-corrected chi connectivity index (χ3v) is 3.41. The second-order valence-corrected chi connectivity index (χ2v) is 5.64. The van der Waals surface area contributed by atoms with Gasteiger partial charge in [0.05, 0.1) is 0 Å². The zero-order chi connectivity index (χ0) is 15.0. The van der Waals surface area contributed by atoms with Crippen molar-refractivity contribution in [2.24, 2.45) is 0 Å². The highest BCUT2D eigenvalue weighted by molar-refractivity contribution is 5.84. The van der Waals surface area contributed by atoms with Gasteiger partial charge in [-0.3, -0.25) is 4.79 Å². The lowest BCUT2D eigenvalue weighted by molar-refractivity contribution is -0.121. The minimum absolute atomic E-state index is 0.0658. The van der Waals surface area contributed by atoms with Crippen molar-refractivity contribution in [3.8, 4) is 0 Å².